The van der Waals surface area contributed by atoms with Crippen LogP contribution in [0, 0.1) is 17.2 Å². The van der Waals surface area contributed by atoms with Crippen LogP contribution >= 0.6 is 12.2 Å². The Morgan fingerprint density at radius 2 is 1.95 bits per heavy atom. The number of thiocarbonyl (C=S) groups is 1. The fourth-order valence-corrected chi connectivity index (χ4v) is 6.10. The van der Waals surface area contributed by atoms with Crippen molar-refractivity contribution in [2.45, 2.75) is 43.8 Å². The van der Waals surface area contributed by atoms with Crippen molar-refractivity contribution >= 4 is 40.5 Å². The highest BCUT2D eigenvalue weighted by Crippen LogP contribution is 2.48. The van der Waals surface area contributed by atoms with Gasteiger partial charge in [0.05, 0.1) is 17.4 Å². The number of rotatable bonds is 5. The number of pyridine rings is 1. The Hall–Kier alpha value is -3.56. The average molecular weight is 557 g/mol. The molecule has 3 aliphatic rings. The topological polar surface area (TPSA) is 92.6 Å². The maximum atomic E-state index is 13.6. The third kappa shape index (κ3) is 4.85. The molecule has 8 nitrogen and oxygen atoms in total. The van der Waals surface area contributed by atoms with Crippen LogP contribution in [0.15, 0.2) is 36.5 Å². The predicted molar refractivity (Wildman–Crippen MR) is 142 cm³/mol. The largest absolute Gasteiger partial charge is 0.419 e. The summed E-state index contributed by atoms with van der Waals surface area (Å²) in [5.41, 5.74) is -2.13. The number of hydrogen-bond donors (Lipinski definition) is 1. The molecule has 0 bridgehead atoms. The maximum Gasteiger partial charge on any atom is 0.419 e. The number of nitriles is 1. The molecular formula is C27H27F3N6O2S. The van der Waals surface area contributed by atoms with Crippen molar-refractivity contribution in [1.82, 2.24) is 15.2 Å². The molecule has 3 heterocycles. The van der Waals surface area contributed by atoms with E-state index in [2.05, 4.69) is 22.2 Å². The first-order chi connectivity index (χ1) is 18.5. The van der Waals surface area contributed by atoms with Gasteiger partial charge in [0.1, 0.15) is 11.6 Å². The first-order valence-corrected chi connectivity index (χ1v) is 13.2. The zero-order valence-corrected chi connectivity index (χ0v) is 22.1. The highest BCUT2D eigenvalue weighted by atomic mass is 32.1. The van der Waals surface area contributed by atoms with Gasteiger partial charge in [-0.25, -0.2) is 4.98 Å². The van der Waals surface area contributed by atoms with Gasteiger partial charge in [-0.3, -0.25) is 14.5 Å². The quantitative estimate of drug-likeness (QED) is 0.555. The van der Waals surface area contributed by atoms with E-state index >= 15 is 0 Å². The van der Waals surface area contributed by atoms with Crippen LogP contribution in [0.1, 0.15) is 53.7 Å². The molecule has 1 saturated carbocycles. The van der Waals surface area contributed by atoms with Crippen molar-refractivity contribution in [1.29, 1.82) is 5.26 Å². The molecule has 1 aromatic carbocycles. The number of hydrogen-bond acceptors (Lipinski definition) is 6. The molecule has 5 rings (SSSR count). The number of carbonyl (C=O) groups excluding carboxylic acids is 2. The van der Waals surface area contributed by atoms with E-state index in [-0.39, 0.29) is 16.7 Å². The standard InChI is InChI=1S/C27H27F3N6O2S/c1-34-11-2-4-17(16-34)14-33-23(37)18-5-7-19(8-6-18)36-25(39)35(24(38)26(36)9-3-10-26)20-12-21(27(28,29)30)22(13-31)32-15-20/h5-8,12,15,17H,2-4,9-11,14,16H2,1H3,(H,33,37)/t17-/m0/s1. The molecule has 12 heteroatoms. The number of halogens is 3. The lowest BCUT2D eigenvalue weighted by Gasteiger charge is -2.43. The number of nitrogens with zero attached hydrogens (tertiary/aromatic N) is 5. The van der Waals surface area contributed by atoms with Crippen LogP contribution in [-0.2, 0) is 11.0 Å². The molecule has 1 aliphatic carbocycles. The minimum Gasteiger partial charge on any atom is -0.352 e. The molecule has 0 radical (unpaired) electrons. The zero-order chi connectivity index (χ0) is 27.9. The highest BCUT2D eigenvalue weighted by Gasteiger charge is 2.59. The van der Waals surface area contributed by atoms with E-state index in [4.69, 9.17) is 17.5 Å². The van der Waals surface area contributed by atoms with Gasteiger partial charge in [0.2, 0.25) is 0 Å². The molecule has 3 fully saturated rings. The average Bonchev–Trinajstić information content (AvgIpc) is 3.13. The number of anilines is 2. The summed E-state index contributed by atoms with van der Waals surface area (Å²) in [6.07, 6.45) is 0.138. The minimum absolute atomic E-state index is 0.0259. The Bertz CT molecular complexity index is 1350. The summed E-state index contributed by atoms with van der Waals surface area (Å²) < 4.78 is 40.7. The van der Waals surface area contributed by atoms with Gasteiger partial charge in [-0.2, -0.15) is 18.4 Å². The van der Waals surface area contributed by atoms with Crippen molar-refractivity contribution < 1.29 is 22.8 Å². The summed E-state index contributed by atoms with van der Waals surface area (Å²) in [6.45, 7) is 2.60. The molecule has 2 amide bonds. The van der Waals surface area contributed by atoms with Crippen LogP contribution in [0.4, 0.5) is 24.5 Å². The summed E-state index contributed by atoms with van der Waals surface area (Å²) in [5, 5.41) is 12.1. The lowest BCUT2D eigenvalue weighted by atomic mass is 9.75. The molecule has 204 valence electrons. The van der Waals surface area contributed by atoms with E-state index in [1.807, 2.05) is 0 Å². The van der Waals surface area contributed by atoms with Gasteiger partial charge in [0.15, 0.2) is 10.8 Å². The van der Waals surface area contributed by atoms with Gasteiger partial charge >= 0.3 is 6.18 Å². The summed E-state index contributed by atoms with van der Waals surface area (Å²) in [6, 6.07) is 8.90. The molecule has 2 aromatic rings. The third-order valence-electron chi connectivity index (χ3n) is 7.80. The van der Waals surface area contributed by atoms with Crippen LogP contribution in [0.5, 0.6) is 0 Å². The number of piperidine rings is 1. The van der Waals surface area contributed by atoms with E-state index in [1.54, 1.807) is 29.2 Å². The van der Waals surface area contributed by atoms with Crippen LogP contribution in [0.25, 0.3) is 0 Å². The van der Waals surface area contributed by atoms with E-state index in [0.29, 0.717) is 36.6 Å². The summed E-state index contributed by atoms with van der Waals surface area (Å²) in [5.74, 6) is -0.227. The maximum absolute atomic E-state index is 13.6. The van der Waals surface area contributed by atoms with Gasteiger partial charge in [0.25, 0.3) is 11.8 Å². The molecule has 2 saturated heterocycles. The Balaban J connectivity index is 1.38. The SMILES string of the molecule is CN1CCC[C@@H](CNC(=O)c2ccc(N3C(=S)N(c4cnc(C#N)c(C(F)(F)F)c4)C(=O)C34CCC4)cc2)C1. The number of amides is 2. The van der Waals surface area contributed by atoms with Crippen LogP contribution < -0.4 is 15.1 Å². The van der Waals surface area contributed by atoms with Crippen LogP contribution in [-0.4, -0.2) is 59.0 Å². The van der Waals surface area contributed by atoms with E-state index in [9.17, 15) is 22.8 Å². The van der Waals surface area contributed by atoms with E-state index in [0.717, 1.165) is 49.5 Å². The third-order valence-corrected chi connectivity index (χ3v) is 8.16. The number of nitrogens with one attached hydrogen (secondary N) is 1. The van der Waals surface area contributed by atoms with Gasteiger partial charge in [-0.15, -0.1) is 0 Å². The Kier molecular flexibility index (Phi) is 7.07. The smallest absolute Gasteiger partial charge is 0.352 e. The second-order valence-corrected chi connectivity index (χ2v) is 10.7. The molecule has 1 spiro atoms. The molecule has 1 N–H and O–H groups in total. The monoisotopic (exact) mass is 556 g/mol. The van der Waals surface area contributed by atoms with E-state index in [1.165, 1.54) is 6.07 Å². The Labute approximate surface area is 229 Å². The highest BCUT2D eigenvalue weighted by molar-refractivity contribution is 7.81. The molecule has 0 unspecified atom stereocenters. The van der Waals surface area contributed by atoms with Crippen molar-refractivity contribution in [2.75, 3.05) is 36.5 Å². The zero-order valence-electron chi connectivity index (χ0n) is 21.3. The predicted octanol–water partition coefficient (Wildman–Crippen LogP) is 4.10. The van der Waals surface area contributed by atoms with E-state index < -0.39 is 28.9 Å². The fraction of sp³-hybridized carbons (Fsp3) is 0.444. The fourth-order valence-electron chi connectivity index (χ4n) is 5.63. The van der Waals surface area contributed by atoms with Crippen molar-refractivity contribution in [3.63, 3.8) is 0 Å². The normalized spacial score (nSPS) is 21.2. The van der Waals surface area contributed by atoms with Crippen molar-refractivity contribution in [3.05, 3.63) is 53.3 Å². The Morgan fingerprint density at radius 1 is 1.23 bits per heavy atom. The lowest BCUT2D eigenvalue weighted by molar-refractivity contribution is -0.138. The molecule has 1 atom stereocenters. The second-order valence-electron chi connectivity index (χ2n) is 10.4. The second kappa shape index (κ2) is 10.2. The lowest BCUT2D eigenvalue weighted by Crippen LogP contribution is -2.55. The Morgan fingerprint density at radius 3 is 2.54 bits per heavy atom. The number of benzene rings is 1. The number of likely N-dealkylation sites (tertiary alicyclic amines) is 1. The van der Waals surface area contributed by atoms with Gasteiger partial charge in [0, 0.05) is 24.3 Å². The van der Waals surface area contributed by atoms with Gasteiger partial charge in [-0.05, 0) is 94.2 Å². The summed E-state index contributed by atoms with van der Waals surface area (Å²) >= 11 is 5.63. The number of alkyl halides is 3. The molecule has 1 aromatic heterocycles. The first kappa shape index (κ1) is 27.0. The van der Waals surface area contributed by atoms with Crippen molar-refractivity contribution in [3.8, 4) is 6.07 Å². The molecular weight excluding hydrogens is 529 g/mol. The molecule has 39 heavy (non-hydrogen) atoms. The van der Waals surface area contributed by atoms with Gasteiger partial charge < -0.3 is 15.1 Å². The number of carbonyl (C=O) groups is 2. The minimum atomic E-state index is -4.82. The van der Waals surface area contributed by atoms with Crippen LogP contribution in [0.2, 0.25) is 0 Å². The first-order valence-electron chi connectivity index (χ1n) is 12.8. The summed E-state index contributed by atoms with van der Waals surface area (Å²) in [7, 11) is 2.07. The number of aromatic nitrogens is 1. The summed E-state index contributed by atoms with van der Waals surface area (Å²) in [4.78, 5) is 35.0. The molecule has 2 aliphatic heterocycles. The van der Waals surface area contributed by atoms with Gasteiger partial charge in [-0.1, -0.05) is 0 Å². The van der Waals surface area contributed by atoms with Crippen LogP contribution in [0.3, 0.4) is 0 Å². The van der Waals surface area contributed by atoms with Crippen molar-refractivity contribution in [2.24, 2.45) is 5.92 Å².